The Bertz CT molecular complexity index is 621. The van der Waals surface area contributed by atoms with Gasteiger partial charge in [-0.05, 0) is 37.0 Å². The fourth-order valence-corrected chi connectivity index (χ4v) is 2.49. The Balaban J connectivity index is 2.20. The average molecular weight is 287 g/mol. The first kappa shape index (κ1) is 15.2. The number of rotatable bonds is 6. The smallest absolute Gasteiger partial charge is 0.372 e. The first-order valence-electron chi connectivity index (χ1n) is 7.24. The zero-order valence-electron chi connectivity index (χ0n) is 12.7. The molecule has 0 radical (unpaired) electrons. The van der Waals surface area contributed by atoms with Crippen LogP contribution in [-0.4, -0.2) is 11.1 Å². The number of aromatic carboxylic acids is 1. The molecule has 1 aromatic carbocycles. The molecule has 112 valence electrons. The van der Waals surface area contributed by atoms with Crippen LogP contribution in [0.15, 0.2) is 28.7 Å². The predicted molar refractivity (Wildman–Crippen MR) is 82.9 cm³/mol. The Labute approximate surface area is 124 Å². The first-order valence-corrected chi connectivity index (χ1v) is 7.24. The molecule has 0 spiro atoms. The standard InChI is InChI=1S/C17H21NO3/c1-4-12-7-6-8-13(5-2)15(12)18-10-14-9-11(3)16(21-14)17(19)20/h6-9,18H,4-5,10H2,1-3H3,(H,19,20). The second-order valence-electron chi connectivity index (χ2n) is 5.04. The number of para-hydroxylation sites is 1. The molecule has 0 saturated heterocycles. The third kappa shape index (κ3) is 3.27. The maximum Gasteiger partial charge on any atom is 0.372 e. The van der Waals surface area contributed by atoms with E-state index in [1.54, 1.807) is 13.0 Å². The average Bonchev–Trinajstić information content (AvgIpc) is 2.85. The van der Waals surface area contributed by atoms with Crippen LogP contribution in [0.1, 0.15) is 46.9 Å². The number of hydrogen-bond acceptors (Lipinski definition) is 3. The molecule has 0 aliphatic rings. The van der Waals surface area contributed by atoms with Crippen molar-refractivity contribution in [1.82, 2.24) is 0 Å². The van der Waals surface area contributed by atoms with E-state index >= 15 is 0 Å². The van der Waals surface area contributed by atoms with Gasteiger partial charge in [0.15, 0.2) is 0 Å². The number of carbonyl (C=O) groups is 1. The molecule has 2 N–H and O–H groups in total. The van der Waals surface area contributed by atoms with Gasteiger partial charge in [-0.2, -0.15) is 0 Å². The van der Waals surface area contributed by atoms with Gasteiger partial charge in [0, 0.05) is 11.3 Å². The van der Waals surface area contributed by atoms with Gasteiger partial charge in [0.05, 0.1) is 6.54 Å². The number of furan rings is 1. The van der Waals surface area contributed by atoms with Crippen molar-refractivity contribution in [3.05, 3.63) is 52.5 Å². The minimum absolute atomic E-state index is 0.0197. The van der Waals surface area contributed by atoms with Gasteiger partial charge in [-0.3, -0.25) is 0 Å². The molecule has 0 amide bonds. The molecular weight excluding hydrogens is 266 g/mol. The summed E-state index contributed by atoms with van der Waals surface area (Å²) in [6.45, 7) is 6.48. The summed E-state index contributed by atoms with van der Waals surface area (Å²) in [4.78, 5) is 11.0. The minimum atomic E-state index is -1.03. The largest absolute Gasteiger partial charge is 0.475 e. The van der Waals surface area contributed by atoms with E-state index in [4.69, 9.17) is 9.52 Å². The van der Waals surface area contributed by atoms with Gasteiger partial charge in [0.2, 0.25) is 5.76 Å². The maximum absolute atomic E-state index is 11.0. The van der Waals surface area contributed by atoms with Gasteiger partial charge < -0.3 is 14.8 Å². The van der Waals surface area contributed by atoms with E-state index in [0.29, 0.717) is 17.9 Å². The highest BCUT2D eigenvalue weighted by molar-refractivity contribution is 5.86. The third-order valence-electron chi connectivity index (χ3n) is 3.60. The number of carboxylic acids is 1. The zero-order chi connectivity index (χ0) is 15.4. The summed E-state index contributed by atoms with van der Waals surface area (Å²) in [6, 6.07) is 8.06. The van der Waals surface area contributed by atoms with E-state index < -0.39 is 5.97 Å². The lowest BCUT2D eigenvalue weighted by atomic mass is 10.0. The van der Waals surface area contributed by atoms with Crippen LogP contribution in [0.25, 0.3) is 0 Å². The van der Waals surface area contributed by atoms with Crippen molar-refractivity contribution in [3.8, 4) is 0 Å². The number of nitrogens with one attached hydrogen (secondary N) is 1. The second-order valence-corrected chi connectivity index (χ2v) is 5.04. The fraction of sp³-hybridized carbons (Fsp3) is 0.353. The molecule has 0 saturated carbocycles. The monoisotopic (exact) mass is 287 g/mol. The Morgan fingerprint density at radius 3 is 2.33 bits per heavy atom. The second kappa shape index (κ2) is 6.48. The molecule has 0 aliphatic carbocycles. The summed E-state index contributed by atoms with van der Waals surface area (Å²) < 4.78 is 5.38. The molecule has 2 rings (SSSR count). The molecule has 0 aliphatic heterocycles. The lowest BCUT2D eigenvalue weighted by molar-refractivity contribution is 0.0659. The Morgan fingerprint density at radius 2 is 1.86 bits per heavy atom. The highest BCUT2D eigenvalue weighted by Crippen LogP contribution is 2.24. The molecule has 2 aromatic rings. The molecule has 4 heteroatoms. The van der Waals surface area contributed by atoms with Gasteiger partial charge >= 0.3 is 5.97 Å². The molecule has 21 heavy (non-hydrogen) atoms. The van der Waals surface area contributed by atoms with E-state index in [2.05, 4.69) is 37.4 Å². The summed E-state index contributed by atoms with van der Waals surface area (Å²) in [5.74, 6) is -0.369. The van der Waals surface area contributed by atoms with Crippen LogP contribution in [0.5, 0.6) is 0 Å². The summed E-state index contributed by atoms with van der Waals surface area (Å²) in [5, 5.41) is 12.4. The SMILES string of the molecule is CCc1cccc(CC)c1NCc1cc(C)c(C(=O)O)o1. The van der Waals surface area contributed by atoms with Crippen LogP contribution in [0.4, 0.5) is 5.69 Å². The topological polar surface area (TPSA) is 62.5 Å². The Hall–Kier alpha value is -2.23. The summed E-state index contributed by atoms with van der Waals surface area (Å²) in [5.41, 5.74) is 4.30. The van der Waals surface area contributed by atoms with Crippen LogP contribution in [0.3, 0.4) is 0 Å². The van der Waals surface area contributed by atoms with E-state index in [1.807, 2.05) is 0 Å². The highest BCUT2D eigenvalue weighted by Gasteiger charge is 2.14. The van der Waals surface area contributed by atoms with Crippen molar-refractivity contribution >= 4 is 11.7 Å². The summed E-state index contributed by atoms with van der Waals surface area (Å²) in [6.07, 6.45) is 1.90. The van der Waals surface area contributed by atoms with Crippen molar-refractivity contribution in [1.29, 1.82) is 0 Å². The molecule has 0 fully saturated rings. The van der Waals surface area contributed by atoms with Crippen LogP contribution in [-0.2, 0) is 19.4 Å². The molecule has 0 bridgehead atoms. The molecule has 1 heterocycles. The number of carboxylic acid groups (broad SMARTS) is 1. The van der Waals surface area contributed by atoms with Crippen molar-refractivity contribution in [2.24, 2.45) is 0 Å². The Kier molecular flexibility index (Phi) is 4.68. The van der Waals surface area contributed by atoms with Gasteiger partial charge in [-0.25, -0.2) is 4.79 Å². The zero-order valence-corrected chi connectivity index (χ0v) is 12.7. The van der Waals surface area contributed by atoms with Gasteiger partial charge in [-0.1, -0.05) is 32.0 Å². The summed E-state index contributed by atoms with van der Waals surface area (Å²) in [7, 11) is 0. The number of hydrogen-bond donors (Lipinski definition) is 2. The Morgan fingerprint density at radius 1 is 1.24 bits per heavy atom. The van der Waals surface area contributed by atoms with E-state index in [1.165, 1.54) is 11.1 Å². The first-order chi connectivity index (χ1) is 10.1. The normalized spacial score (nSPS) is 10.6. The van der Waals surface area contributed by atoms with E-state index in [0.717, 1.165) is 18.5 Å². The lowest BCUT2D eigenvalue weighted by Crippen LogP contribution is -2.04. The van der Waals surface area contributed by atoms with Crippen LogP contribution >= 0.6 is 0 Å². The van der Waals surface area contributed by atoms with Crippen molar-refractivity contribution in [2.45, 2.75) is 40.2 Å². The fourth-order valence-electron chi connectivity index (χ4n) is 2.49. The number of anilines is 1. The molecular formula is C17H21NO3. The van der Waals surface area contributed by atoms with Crippen LogP contribution in [0, 0.1) is 6.92 Å². The molecule has 4 nitrogen and oxygen atoms in total. The van der Waals surface area contributed by atoms with Gasteiger partial charge in [-0.15, -0.1) is 0 Å². The van der Waals surface area contributed by atoms with E-state index in [9.17, 15) is 4.79 Å². The van der Waals surface area contributed by atoms with E-state index in [-0.39, 0.29) is 5.76 Å². The van der Waals surface area contributed by atoms with Crippen molar-refractivity contribution in [3.63, 3.8) is 0 Å². The third-order valence-corrected chi connectivity index (χ3v) is 3.60. The van der Waals surface area contributed by atoms with Crippen LogP contribution in [0.2, 0.25) is 0 Å². The number of aryl methyl sites for hydroxylation is 3. The predicted octanol–water partition coefficient (Wildman–Crippen LogP) is 4.02. The summed E-state index contributed by atoms with van der Waals surface area (Å²) >= 11 is 0. The van der Waals surface area contributed by atoms with Gasteiger partial charge in [0.1, 0.15) is 5.76 Å². The van der Waals surface area contributed by atoms with Crippen LogP contribution < -0.4 is 5.32 Å². The highest BCUT2D eigenvalue weighted by atomic mass is 16.4. The minimum Gasteiger partial charge on any atom is -0.475 e. The van der Waals surface area contributed by atoms with Crippen molar-refractivity contribution < 1.29 is 14.3 Å². The maximum atomic E-state index is 11.0. The van der Waals surface area contributed by atoms with Gasteiger partial charge in [0.25, 0.3) is 0 Å². The number of benzene rings is 1. The molecule has 0 atom stereocenters. The van der Waals surface area contributed by atoms with Crippen molar-refractivity contribution in [2.75, 3.05) is 5.32 Å². The molecule has 0 unspecified atom stereocenters. The molecule has 1 aromatic heterocycles. The quantitative estimate of drug-likeness (QED) is 0.842. The lowest BCUT2D eigenvalue weighted by Gasteiger charge is -2.14.